The molecule has 12 aromatic rings. The van der Waals surface area contributed by atoms with E-state index in [0.29, 0.717) is 111 Å². The summed E-state index contributed by atoms with van der Waals surface area (Å²) in [6.45, 7) is 17.6. The normalized spacial score (nSPS) is 10.4. The molecule has 4 amide bonds. The Balaban J connectivity index is 0.000000175. The third-order valence-corrected chi connectivity index (χ3v) is 19.0. The van der Waals surface area contributed by atoms with Crippen molar-refractivity contribution < 1.29 is 52.6 Å². The minimum Gasteiger partial charge on any atom is -0.493 e. The minimum atomic E-state index is -0.306. The van der Waals surface area contributed by atoms with Crippen LogP contribution in [0.3, 0.4) is 0 Å². The van der Waals surface area contributed by atoms with Gasteiger partial charge in [0, 0.05) is 52.8 Å². The molecule has 115 heavy (non-hydrogen) atoms. The summed E-state index contributed by atoms with van der Waals surface area (Å²) in [5, 5.41) is 11.6. The summed E-state index contributed by atoms with van der Waals surface area (Å²) >= 11 is 1.63. The van der Waals surface area contributed by atoms with Crippen LogP contribution in [-0.2, 0) is 25.7 Å². The fraction of sp³-hybridized carbons (Fsp3) is 0.192. The molecule has 0 aliphatic rings. The van der Waals surface area contributed by atoms with Gasteiger partial charge in [-0.3, -0.25) is 38.4 Å². The number of hydrogen-bond donors (Lipinski definition) is 4. The van der Waals surface area contributed by atoms with E-state index in [1.165, 1.54) is 0 Å². The van der Waals surface area contributed by atoms with Gasteiger partial charge in [0.05, 0.1) is 64.8 Å². The Hall–Kier alpha value is -13.1. The Morgan fingerprint density at radius 3 is 0.843 bits per heavy atom. The minimum absolute atomic E-state index is 0.0160. The van der Waals surface area contributed by atoms with Gasteiger partial charge in [-0.25, -0.2) is 0 Å². The summed E-state index contributed by atoms with van der Waals surface area (Å²) in [6, 6.07) is 88.9. The van der Waals surface area contributed by atoms with E-state index in [4.69, 9.17) is 14.2 Å². The van der Waals surface area contributed by atoms with Gasteiger partial charge in [-0.2, -0.15) is 0 Å². The maximum Gasteiger partial charge on any atom is 0.259 e. The average Bonchev–Trinajstić information content (AvgIpc) is 0.837. The first-order valence-corrected chi connectivity index (χ1v) is 39.7. The fourth-order valence-electron chi connectivity index (χ4n) is 12.5. The van der Waals surface area contributed by atoms with E-state index in [0.717, 1.165) is 74.4 Å². The van der Waals surface area contributed by atoms with Crippen molar-refractivity contribution in [2.75, 3.05) is 46.8 Å². The molecule has 0 heterocycles. The predicted octanol–water partition coefficient (Wildman–Crippen LogP) is 22.2. The van der Waals surface area contributed by atoms with Crippen molar-refractivity contribution in [2.45, 2.75) is 105 Å². The summed E-state index contributed by atoms with van der Waals surface area (Å²) in [4.78, 5) is 104. The zero-order chi connectivity index (χ0) is 81.9. The largest absolute Gasteiger partial charge is 0.493 e. The summed E-state index contributed by atoms with van der Waals surface area (Å²) < 4.78 is 17.0. The van der Waals surface area contributed by atoms with E-state index in [9.17, 15) is 38.4 Å². The molecule has 0 spiro atoms. The van der Waals surface area contributed by atoms with E-state index in [2.05, 4.69) is 35.1 Å². The van der Waals surface area contributed by atoms with Crippen LogP contribution in [0.5, 0.6) is 17.2 Å². The quantitative estimate of drug-likeness (QED) is 0.0182. The Kier molecular flexibility index (Phi) is 33.5. The molecular weight excluding hydrogens is 1450 g/mol. The molecule has 0 saturated heterocycles. The number of anilines is 4. The molecule has 0 bridgehead atoms. The number of aryl methyl sites for hydroxylation is 4. The molecule has 0 saturated carbocycles. The van der Waals surface area contributed by atoms with Gasteiger partial charge in [0.25, 0.3) is 23.6 Å². The van der Waals surface area contributed by atoms with Gasteiger partial charge in [0.2, 0.25) is 0 Å². The van der Waals surface area contributed by atoms with Crippen molar-refractivity contribution in [3.8, 4) is 17.2 Å². The summed E-state index contributed by atoms with van der Waals surface area (Å²) in [6.07, 6.45) is 3.94. The van der Waals surface area contributed by atoms with Crippen LogP contribution >= 0.6 is 11.8 Å². The van der Waals surface area contributed by atoms with Crippen molar-refractivity contribution in [1.82, 2.24) is 0 Å². The van der Waals surface area contributed by atoms with E-state index in [-0.39, 0.29) is 66.0 Å². The highest BCUT2D eigenvalue weighted by atomic mass is 32.2. The molecule has 4 N–H and O–H groups in total. The van der Waals surface area contributed by atoms with Crippen LogP contribution in [0.2, 0.25) is 0 Å². The van der Waals surface area contributed by atoms with Crippen molar-refractivity contribution in [3.05, 3.63) is 380 Å². The lowest BCUT2D eigenvalue weighted by atomic mass is 10.00. The average molecular weight is 1550 g/mol. The summed E-state index contributed by atoms with van der Waals surface area (Å²) in [5.74, 6) is 1.25. The van der Waals surface area contributed by atoms with Crippen LogP contribution in [0.15, 0.2) is 296 Å². The number of carbonyl (C=O) groups excluding carboxylic acids is 8. The standard InChI is InChI=1S/C26H27NO3.C25H25NO3.C24H23NO3.C24H23NO2S/c1-3-4-16-30-25-15-8-6-13-22(25)26(29)27-23-14-7-5-12-21(23)24(28)18-20-11-9-10-19(2)17-20;1-3-15-29-24-14-7-5-12-21(24)25(28)26-22-13-6-4-11-20(22)23(27)17-19-10-8-9-18(2)16-19;2*1-3-28-23-14-7-5-12-20(23)24(27)25-21-13-6-4-11-19(21)22(26)16-18-10-8-9-17(2)15-18/h5-15,17H,3-4,16,18H2,1-2H3,(H,27,29);4-14,16H,3,15,17H2,1-2H3,(H,26,28);2*4-15H,3,16H2,1-2H3,(H,25,27). The number of hydrogen-bond acceptors (Lipinski definition) is 12. The van der Waals surface area contributed by atoms with Crippen molar-refractivity contribution in [2.24, 2.45) is 0 Å². The number of rotatable bonds is 31. The van der Waals surface area contributed by atoms with Gasteiger partial charge in [-0.15, -0.1) is 11.8 Å². The van der Waals surface area contributed by atoms with Crippen molar-refractivity contribution >= 4 is 81.3 Å². The molecule has 0 aliphatic carbocycles. The summed E-state index contributed by atoms with van der Waals surface area (Å²) in [5.41, 5.74) is 14.3. The predicted molar refractivity (Wildman–Crippen MR) is 464 cm³/mol. The van der Waals surface area contributed by atoms with Gasteiger partial charge in [-0.1, -0.05) is 244 Å². The van der Waals surface area contributed by atoms with Gasteiger partial charge >= 0.3 is 0 Å². The Bertz CT molecular complexity index is 5180. The molecule has 0 radical (unpaired) electrons. The number of carbonyl (C=O) groups is 8. The third-order valence-electron chi connectivity index (χ3n) is 18.0. The molecule has 12 aromatic carbocycles. The van der Waals surface area contributed by atoms with Crippen LogP contribution in [0.4, 0.5) is 22.7 Å². The fourth-order valence-corrected chi connectivity index (χ4v) is 13.3. The maximum atomic E-state index is 12.9. The number of amides is 4. The first-order chi connectivity index (χ1) is 55.8. The number of para-hydroxylation sites is 7. The molecule has 0 aromatic heterocycles. The van der Waals surface area contributed by atoms with E-state index in [1.807, 2.05) is 199 Å². The smallest absolute Gasteiger partial charge is 0.259 e. The van der Waals surface area contributed by atoms with Crippen LogP contribution in [-0.4, -0.2) is 72.3 Å². The lowest BCUT2D eigenvalue weighted by Gasteiger charge is -2.13. The number of Topliss-reactive ketones (excluding diaryl/α,β-unsaturated/α-hetero) is 4. The van der Waals surface area contributed by atoms with Crippen molar-refractivity contribution in [3.63, 3.8) is 0 Å². The maximum absolute atomic E-state index is 12.9. The number of ether oxygens (including phenoxy) is 3. The number of ketones is 4. The van der Waals surface area contributed by atoms with Crippen molar-refractivity contribution in [1.29, 1.82) is 0 Å². The first-order valence-electron chi connectivity index (χ1n) is 38.7. The lowest BCUT2D eigenvalue weighted by Crippen LogP contribution is -2.17. The molecule has 16 heteroatoms. The second kappa shape index (κ2) is 44.9. The lowest BCUT2D eigenvalue weighted by molar-refractivity contribution is 0.0983. The highest BCUT2D eigenvalue weighted by Crippen LogP contribution is 2.30. The molecule has 15 nitrogen and oxygen atoms in total. The molecule has 0 fully saturated rings. The summed E-state index contributed by atoms with van der Waals surface area (Å²) in [7, 11) is 0. The monoisotopic (exact) mass is 1550 g/mol. The van der Waals surface area contributed by atoms with Crippen LogP contribution in [0.1, 0.15) is 174 Å². The Morgan fingerprint density at radius 2 is 0.548 bits per heavy atom. The van der Waals surface area contributed by atoms with E-state index < -0.39 is 0 Å². The molecule has 0 atom stereocenters. The highest BCUT2D eigenvalue weighted by Gasteiger charge is 2.23. The van der Waals surface area contributed by atoms with Crippen LogP contribution in [0.25, 0.3) is 0 Å². The zero-order valence-electron chi connectivity index (χ0n) is 66.4. The molecule has 0 aliphatic heterocycles. The SMILES string of the molecule is CCCCOc1ccccc1C(=O)Nc1ccccc1C(=O)Cc1cccc(C)c1.CCCOc1ccccc1C(=O)Nc1ccccc1C(=O)Cc1cccc(C)c1.CCOc1ccccc1C(=O)Nc1ccccc1C(=O)Cc1cccc(C)c1.CCSc1ccccc1C(=O)Nc1ccccc1C(=O)Cc1cccc(C)c1. The number of nitrogens with one attached hydrogen (secondary N) is 4. The molecule has 12 rings (SSSR count). The van der Waals surface area contributed by atoms with Gasteiger partial charge in [-0.05, 0) is 173 Å². The van der Waals surface area contributed by atoms with Gasteiger partial charge in [0.15, 0.2) is 23.1 Å². The van der Waals surface area contributed by atoms with Gasteiger partial charge in [0.1, 0.15) is 17.2 Å². The Labute approximate surface area is 679 Å². The zero-order valence-corrected chi connectivity index (χ0v) is 67.2. The topological polar surface area (TPSA) is 212 Å². The molecular formula is C99H98N4O11S. The molecule has 586 valence electrons. The molecule has 0 unspecified atom stereocenters. The van der Waals surface area contributed by atoms with E-state index in [1.54, 1.807) is 145 Å². The van der Waals surface area contributed by atoms with E-state index >= 15 is 0 Å². The third kappa shape index (κ3) is 26.3. The number of benzene rings is 12. The Morgan fingerprint density at radius 1 is 0.278 bits per heavy atom. The number of thioether (sulfide) groups is 1. The first kappa shape index (κ1) is 85.9. The van der Waals surface area contributed by atoms with Crippen LogP contribution < -0.4 is 35.5 Å². The van der Waals surface area contributed by atoms with Gasteiger partial charge < -0.3 is 35.5 Å². The highest BCUT2D eigenvalue weighted by molar-refractivity contribution is 7.99. The number of unbranched alkanes of at least 4 members (excludes halogenated alkanes) is 1. The van der Waals surface area contributed by atoms with Crippen LogP contribution in [0, 0.1) is 27.7 Å². The second-order valence-corrected chi connectivity index (χ2v) is 28.6. The second-order valence-electron chi connectivity index (χ2n) is 27.3.